The number of likely N-dealkylation sites (N-methyl/N-ethyl adjacent to an activating group) is 1. The summed E-state index contributed by atoms with van der Waals surface area (Å²) in [5.74, 6) is -0.0765. The molecule has 1 aliphatic rings. The van der Waals surface area contributed by atoms with Crippen molar-refractivity contribution in [1.82, 2.24) is 10.2 Å². The fourth-order valence-corrected chi connectivity index (χ4v) is 3.29. The van der Waals surface area contributed by atoms with Crippen LogP contribution in [0.2, 0.25) is 0 Å². The number of rotatable bonds is 3. The molecule has 4 rings (SSSR count). The third-order valence-corrected chi connectivity index (χ3v) is 5.24. The van der Waals surface area contributed by atoms with E-state index < -0.39 is 5.50 Å². The van der Waals surface area contributed by atoms with Gasteiger partial charge in [0.15, 0.2) is 10.9 Å². The van der Waals surface area contributed by atoms with Crippen LogP contribution in [0.1, 0.15) is 5.56 Å². The van der Waals surface area contributed by atoms with Gasteiger partial charge in [0.2, 0.25) is 0 Å². The minimum atomic E-state index is -0.589. The van der Waals surface area contributed by atoms with Crippen molar-refractivity contribution in [3.05, 3.63) is 64.3 Å². The highest BCUT2D eigenvalue weighted by Gasteiger charge is 2.27. The van der Waals surface area contributed by atoms with Crippen molar-refractivity contribution < 1.29 is 4.79 Å². The summed E-state index contributed by atoms with van der Waals surface area (Å²) in [7, 11) is 1.77. The molecule has 1 heterocycles. The van der Waals surface area contributed by atoms with E-state index in [1.54, 1.807) is 11.9 Å². The molecule has 0 spiro atoms. The van der Waals surface area contributed by atoms with Gasteiger partial charge in [0.1, 0.15) is 0 Å². The van der Waals surface area contributed by atoms with Crippen LogP contribution in [0.4, 0.5) is 5.69 Å². The van der Waals surface area contributed by atoms with E-state index in [-0.39, 0.29) is 11.3 Å². The summed E-state index contributed by atoms with van der Waals surface area (Å²) < 4.78 is 0. The van der Waals surface area contributed by atoms with E-state index in [0.29, 0.717) is 0 Å². The van der Waals surface area contributed by atoms with Crippen LogP contribution in [0.25, 0.3) is 10.8 Å². The van der Waals surface area contributed by atoms with Gasteiger partial charge < -0.3 is 10.2 Å². The van der Waals surface area contributed by atoms with Gasteiger partial charge in [-0.1, -0.05) is 53.6 Å². The summed E-state index contributed by atoms with van der Waals surface area (Å²) in [5, 5.41) is 5.04. The molecular weight excluding hydrogens is 362 g/mol. The number of nitrogens with one attached hydrogen (secondary N) is 1. The van der Waals surface area contributed by atoms with Gasteiger partial charge in [0.05, 0.1) is 0 Å². The van der Waals surface area contributed by atoms with Crippen molar-refractivity contribution in [2.75, 3.05) is 38.1 Å². The van der Waals surface area contributed by atoms with Crippen LogP contribution in [-0.2, 0) is 4.79 Å². The standard InChI is InChI=1S/C14H20ClN3O.C7H4O/c1-11-3-5-12(6-4-11)17(2)14(19)13(15)18-9-7-16-8-10-18;8-7-5-3-1-2-4-6(5)7/h3-6,13,16H,7-10H2,1-2H3;1-4H. The molecule has 1 N–H and O–H groups in total. The molecule has 3 aromatic rings. The third-order valence-electron chi connectivity index (χ3n) is 4.78. The lowest BCUT2D eigenvalue weighted by Gasteiger charge is -2.32. The third kappa shape index (κ3) is 4.75. The number of carbonyl (C=O) groups excluding carboxylic acids is 1. The number of nitrogens with zero attached hydrogens (tertiary/aromatic N) is 2. The molecule has 1 unspecified atom stereocenters. The molecule has 1 atom stereocenters. The van der Waals surface area contributed by atoms with E-state index in [0.717, 1.165) is 42.6 Å². The first-order valence-electron chi connectivity index (χ1n) is 9.06. The van der Waals surface area contributed by atoms with E-state index in [4.69, 9.17) is 11.6 Å². The summed E-state index contributed by atoms with van der Waals surface area (Å²) in [4.78, 5) is 26.5. The zero-order valence-electron chi connectivity index (χ0n) is 15.6. The first kappa shape index (κ1) is 19.5. The number of anilines is 1. The largest absolute Gasteiger partial charge is 0.314 e. The highest BCUT2D eigenvalue weighted by atomic mass is 35.5. The van der Waals surface area contributed by atoms with Crippen LogP contribution in [-0.4, -0.2) is 49.5 Å². The van der Waals surface area contributed by atoms with Crippen molar-refractivity contribution >= 4 is 34.0 Å². The first-order chi connectivity index (χ1) is 13.0. The van der Waals surface area contributed by atoms with Crippen LogP contribution >= 0.6 is 11.6 Å². The van der Waals surface area contributed by atoms with Gasteiger partial charge >= 0.3 is 0 Å². The minimum absolute atomic E-state index is 0.0765. The fraction of sp³-hybridized carbons (Fsp3) is 0.333. The van der Waals surface area contributed by atoms with E-state index in [1.807, 2.05) is 60.4 Å². The molecule has 27 heavy (non-hydrogen) atoms. The molecule has 142 valence electrons. The smallest absolute Gasteiger partial charge is 0.259 e. The quantitative estimate of drug-likeness (QED) is 0.556. The molecule has 0 aliphatic carbocycles. The van der Waals surface area contributed by atoms with Gasteiger partial charge in [-0.15, -0.1) is 0 Å². The average molecular weight is 386 g/mol. The summed E-state index contributed by atoms with van der Waals surface area (Å²) in [6.45, 7) is 5.40. The number of alkyl halides is 1. The van der Waals surface area contributed by atoms with Crippen molar-refractivity contribution in [3.8, 4) is 0 Å². The number of aryl methyl sites for hydroxylation is 1. The number of benzene rings is 2. The van der Waals surface area contributed by atoms with Crippen LogP contribution in [0.15, 0.2) is 53.3 Å². The lowest BCUT2D eigenvalue weighted by Crippen LogP contribution is -2.52. The predicted molar refractivity (Wildman–Crippen MR) is 111 cm³/mol. The Morgan fingerprint density at radius 1 is 1.07 bits per heavy atom. The summed E-state index contributed by atoms with van der Waals surface area (Å²) in [6.07, 6.45) is 0. The number of hydrogen-bond acceptors (Lipinski definition) is 4. The topological polar surface area (TPSA) is 52.7 Å². The summed E-state index contributed by atoms with van der Waals surface area (Å²) in [5.41, 5.74) is 1.67. The molecule has 1 aliphatic heterocycles. The molecule has 1 amide bonds. The molecular formula is C21H24ClN3O2. The summed E-state index contributed by atoms with van der Waals surface area (Å²) >= 11 is 6.29. The van der Waals surface area contributed by atoms with Crippen LogP contribution in [0.3, 0.4) is 0 Å². The molecule has 0 bridgehead atoms. The van der Waals surface area contributed by atoms with Crippen molar-refractivity contribution in [2.45, 2.75) is 12.4 Å². The maximum Gasteiger partial charge on any atom is 0.259 e. The lowest BCUT2D eigenvalue weighted by atomic mass is 10.2. The Balaban J connectivity index is 0.000000216. The Kier molecular flexibility index (Phi) is 6.26. The second-order valence-corrected chi connectivity index (χ2v) is 7.14. The zero-order valence-corrected chi connectivity index (χ0v) is 16.4. The van der Waals surface area contributed by atoms with Crippen molar-refractivity contribution in [1.29, 1.82) is 0 Å². The van der Waals surface area contributed by atoms with E-state index in [2.05, 4.69) is 5.32 Å². The van der Waals surface area contributed by atoms with Crippen LogP contribution in [0, 0.1) is 6.92 Å². The number of halogens is 1. The first-order valence-corrected chi connectivity index (χ1v) is 9.49. The molecule has 5 nitrogen and oxygen atoms in total. The molecule has 1 fully saturated rings. The van der Waals surface area contributed by atoms with Gasteiger partial charge in [-0.25, -0.2) is 0 Å². The molecule has 0 saturated carbocycles. The van der Waals surface area contributed by atoms with Crippen molar-refractivity contribution in [3.63, 3.8) is 0 Å². The second kappa shape index (κ2) is 8.65. The highest BCUT2D eigenvalue weighted by molar-refractivity contribution is 6.32. The zero-order chi connectivity index (χ0) is 19.4. The Hall–Kier alpha value is -2.21. The Labute approximate surface area is 164 Å². The number of fused-ring (bicyclic) bond motifs is 1. The van der Waals surface area contributed by atoms with Gasteiger partial charge in [0, 0.05) is 49.7 Å². The number of piperazine rings is 1. The monoisotopic (exact) mass is 385 g/mol. The minimum Gasteiger partial charge on any atom is -0.314 e. The van der Waals surface area contributed by atoms with Crippen LogP contribution < -0.4 is 15.6 Å². The summed E-state index contributed by atoms with van der Waals surface area (Å²) in [6, 6.07) is 15.3. The molecule has 1 saturated heterocycles. The van der Waals surface area contributed by atoms with E-state index in [9.17, 15) is 9.59 Å². The normalized spacial score (nSPS) is 16.0. The Morgan fingerprint density at radius 2 is 1.63 bits per heavy atom. The average Bonchev–Trinajstić information content (AvgIpc) is 3.38. The molecule has 6 heteroatoms. The number of carbonyl (C=O) groups is 1. The van der Waals surface area contributed by atoms with Crippen molar-refractivity contribution in [2.24, 2.45) is 0 Å². The lowest BCUT2D eigenvalue weighted by molar-refractivity contribution is -0.121. The maximum atomic E-state index is 12.4. The molecule has 3 aromatic carbocycles. The van der Waals surface area contributed by atoms with Gasteiger partial charge in [-0.05, 0) is 19.1 Å². The van der Waals surface area contributed by atoms with Gasteiger partial charge in [0.25, 0.3) is 5.91 Å². The fourth-order valence-electron chi connectivity index (χ4n) is 2.95. The van der Waals surface area contributed by atoms with E-state index >= 15 is 0 Å². The predicted octanol–water partition coefficient (Wildman–Crippen LogP) is 2.50. The molecule has 0 aromatic heterocycles. The highest BCUT2D eigenvalue weighted by Crippen LogP contribution is 2.17. The maximum absolute atomic E-state index is 12.4. The van der Waals surface area contributed by atoms with Gasteiger partial charge in [-0.3, -0.25) is 14.5 Å². The Bertz CT molecular complexity index is 878. The van der Waals surface area contributed by atoms with E-state index in [1.165, 1.54) is 5.56 Å². The second-order valence-electron chi connectivity index (χ2n) is 6.73. The Morgan fingerprint density at radius 3 is 2.15 bits per heavy atom. The van der Waals surface area contributed by atoms with Gasteiger partial charge in [-0.2, -0.15) is 0 Å². The van der Waals surface area contributed by atoms with Crippen LogP contribution in [0.5, 0.6) is 0 Å². The number of amides is 1. The molecule has 0 radical (unpaired) electrons. The number of hydrogen-bond donors (Lipinski definition) is 1. The SMILES string of the molecule is Cc1ccc(N(C)C(=O)C(Cl)N2CCNCC2)cc1.O=c1c2ccccc12.